The van der Waals surface area contributed by atoms with Crippen molar-refractivity contribution in [3.8, 4) is 0 Å². The standard InChI is InChI=1S/C31H46N2O3/c1-30(2,3)19-27-26-18-23-10-8-9-11-24(23)25(26)16-17-33(27)28(34)22-14-12-21(13-15-22)20-32(7)29(35)36-31(4,5)6/h8-11,21-22,27H,12-20H2,1-7H3. The van der Waals surface area contributed by atoms with Crippen molar-refractivity contribution < 1.29 is 14.3 Å². The van der Waals surface area contributed by atoms with Crippen LogP contribution in [0.2, 0.25) is 0 Å². The van der Waals surface area contributed by atoms with Crippen LogP contribution in [0.1, 0.15) is 91.2 Å². The van der Waals surface area contributed by atoms with Crippen LogP contribution in [-0.2, 0) is 16.0 Å². The maximum Gasteiger partial charge on any atom is 0.410 e. The topological polar surface area (TPSA) is 49.9 Å². The summed E-state index contributed by atoms with van der Waals surface area (Å²) in [6.45, 7) is 14.1. The first kappa shape index (κ1) is 26.8. The SMILES string of the molecule is CN(CC1CCC(C(=O)N2CCC3=C(Cc4ccccc43)C2CC(C)(C)C)CC1)C(=O)OC(C)(C)C. The van der Waals surface area contributed by atoms with Gasteiger partial charge in [0.05, 0.1) is 6.04 Å². The van der Waals surface area contributed by atoms with E-state index in [0.717, 1.165) is 51.5 Å². The van der Waals surface area contributed by atoms with Gasteiger partial charge in [0.25, 0.3) is 0 Å². The smallest absolute Gasteiger partial charge is 0.410 e. The van der Waals surface area contributed by atoms with Crippen LogP contribution in [0.25, 0.3) is 5.57 Å². The molecule has 36 heavy (non-hydrogen) atoms. The van der Waals surface area contributed by atoms with E-state index in [1.54, 1.807) is 4.90 Å². The van der Waals surface area contributed by atoms with Gasteiger partial charge in [0.15, 0.2) is 0 Å². The number of amides is 2. The van der Waals surface area contributed by atoms with Gasteiger partial charge in [0.1, 0.15) is 5.60 Å². The zero-order valence-corrected chi connectivity index (χ0v) is 23.5. The Labute approximate surface area is 218 Å². The third-order valence-corrected chi connectivity index (χ3v) is 8.01. The molecule has 4 rings (SSSR count). The molecule has 0 spiro atoms. The van der Waals surface area contributed by atoms with Gasteiger partial charge in [-0.05, 0) is 99.3 Å². The van der Waals surface area contributed by atoms with Crippen molar-refractivity contribution in [2.24, 2.45) is 17.3 Å². The van der Waals surface area contributed by atoms with E-state index in [9.17, 15) is 9.59 Å². The minimum Gasteiger partial charge on any atom is -0.444 e. The third-order valence-electron chi connectivity index (χ3n) is 8.01. The molecule has 1 heterocycles. The van der Waals surface area contributed by atoms with Gasteiger partial charge in [0, 0.05) is 26.1 Å². The number of hydrogen-bond acceptors (Lipinski definition) is 3. The lowest BCUT2D eigenvalue weighted by Gasteiger charge is -2.43. The first-order valence-corrected chi connectivity index (χ1v) is 13.9. The fraction of sp³-hybridized carbons (Fsp3) is 0.677. The highest BCUT2D eigenvalue weighted by Gasteiger charge is 2.41. The van der Waals surface area contributed by atoms with Crippen molar-refractivity contribution in [3.05, 3.63) is 41.0 Å². The van der Waals surface area contributed by atoms with E-state index in [4.69, 9.17) is 4.74 Å². The fourth-order valence-corrected chi connectivity index (χ4v) is 6.35. The average Bonchev–Trinajstić information content (AvgIpc) is 3.17. The third kappa shape index (κ3) is 6.15. The maximum absolute atomic E-state index is 13.9. The molecule has 0 N–H and O–H groups in total. The van der Waals surface area contributed by atoms with Gasteiger partial charge in [-0.15, -0.1) is 0 Å². The molecule has 5 heteroatoms. The highest BCUT2D eigenvalue weighted by molar-refractivity contribution is 5.84. The van der Waals surface area contributed by atoms with E-state index in [-0.39, 0.29) is 23.5 Å². The van der Waals surface area contributed by atoms with E-state index in [2.05, 4.69) is 49.9 Å². The Hall–Kier alpha value is -2.30. The summed E-state index contributed by atoms with van der Waals surface area (Å²) in [6, 6.07) is 8.99. The van der Waals surface area contributed by atoms with Crippen LogP contribution in [0.15, 0.2) is 29.8 Å². The summed E-state index contributed by atoms with van der Waals surface area (Å²) >= 11 is 0. The Bertz CT molecular complexity index is 1010. The van der Waals surface area contributed by atoms with Crippen LogP contribution in [0, 0.1) is 17.3 Å². The van der Waals surface area contributed by atoms with E-state index in [0.29, 0.717) is 18.4 Å². The second kappa shape index (κ2) is 10.2. The second-order valence-corrected chi connectivity index (χ2v) is 13.5. The number of benzene rings is 1. The van der Waals surface area contributed by atoms with Crippen molar-refractivity contribution in [2.75, 3.05) is 20.1 Å². The van der Waals surface area contributed by atoms with Gasteiger partial charge < -0.3 is 14.5 Å². The summed E-state index contributed by atoms with van der Waals surface area (Å²) in [5, 5.41) is 0. The molecular formula is C31H46N2O3. The Morgan fingerprint density at radius 1 is 1.03 bits per heavy atom. The number of fused-ring (bicyclic) bond motifs is 2. The Morgan fingerprint density at radius 3 is 2.33 bits per heavy atom. The monoisotopic (exact) mass is 494 g/mol. The molecule has 0 bridgehead atoms. The summed E-state index contributed by atoms with van der Waals surface area (Å²) in [6.07, 6.45) is 6.49. The number of ether oxygens (including phenoxy) is 1. The van der Waals surface area contributed by atoms with Crippen LogP contribution in [-0.4, -0.2) is 53.6 Å². The molecule has 0 radical (unpaired) electrons. The Kier molecular flexibility index (Phi) is 7.60. The van der Waals surface area contributed by atoms with Gasteiger partial charge >= 0.3 is 6.09 Å². The van der Waals surface area contributed by atoms with Gasteiger partial charge in [-0.2, -0.15) is 0 Å². The van der Waals surface area contributed by atoms with Gasteiger partial charge in [-0.1, -0.05) is 45.0 Å². The highest BCUT2D eigenvalue weighted by atomic mass is 16.6. The molecule has 0 aromatic heterocycles. The largest absolute Gasteiger partial charge is 0.444 e. The minimum atomic E-state index is -0.483. The second-order valence-electron chi connectivity index (χ2n) is 13.5. The number of nitrogens with zero attached hydrogens (tertiary/aromatic N) is 2. The molecule has 1 aromatic carbocycles. The molecule has 1 atom stereocenters. The number of carbonyl (C=O) groups excluding carboxylic acids is 2. The molecule has 2 aliphatic carbocycles. The quantitative estimate of drug-likeness (QED) is 0.468. The predicted molar refractivity (Wildman–Crippen MR) is 146 cm³/mol. The molecule has 198 valence electrons. The van der Waals surface area contributed by atoms with Crippen molar-refractivity contribution in [2.45, 2.75) is 98.1 Å². The van der Waals surface area contributed by atoms with E-state index >= 15 is 0 Å². The number of hydrogen-bond donors (Lipinski definition) is 0. The first-order valence-electron chi connectivity index (χ1n) is 13.9. The van der Waals surface area contributed by atoms with E-state index in [1.807, 2.05) is 27.8 Å². The molecule has 1 fully saturated rings. The van der Waals surface area contributed by atoms with Crippen molar-refractivity contribution in [3.63, 3.8) is 0 Å². The summed E-state index contributed by atoms with van der Waals surface area (Å²) in [5.41, 5.74) is 5.48. The molecule has 0 saturated heterocycles. The lowest BCUT2D eigenvalue weighted by Crippen LogP contribution is -2.49. The van der Waals surface area contributed by atoms with E-state index < -0.39 is 5.60 Å². The lowest BCUT2D eigenvalue weighted by atomic mass is 9.78. The summed E-state index contributed by atoms with van der Waals surface area (Å²) in [5.74, 6) is 0.879. The van der Waals surface area contributed by atoms with Crippen molar-refractivity contribution in [1.82, 2.24) is 9.80 Å². The number of rotatable bonds is 4. The number of carbonyl (C=O) groups is 2. The van der Waals surface area contributed by atoms with E-state index in [1.165, 1.54) is 22.3 Å². The van der Waals surface area contributed by atoms with Crippen molar-refractivity contribution in [1.29, 1.82) is 0 Å². The zero-order chi connectivity index (χ0) is 26.3. The van der Waals surface area contributed by atoms with Crippen LogP contribution >= 0.6 is 0 Å². The molecule has 1 unspecified atom stereocenters. The summed E-state index contributed by atoms with van der Waals surface area (Å²) in [4.78, 5) is 30.2. The van der Waals surface area contributed by atoms with Gasteiger partial charge in [-0.3, -0.25) is 4.79 Å². The fourth-order valence-electron chi connectivity index (χ4n) is 6.35. The van der Waals surface area contributed by atoms with Gasteiger partial charge in [-0.25, -0.2) is 4.79 Å². The van der Waals surface area contributed by atoms with Gasteiger partial charge in [0.2, 0.25) is 5.91 Å². The van der Waals surface area contributed by atoms with Crippen LogP contribution in [0.5, 0.6) is 0 Å². The summed E-state index contributed by atoms with van der Waals surface area (Å²) in [7, 11) is 1.82. The highest BCUT2D eigenvalue weighted by Crippen LogP contribution is 2.44. The maximum atomic E-state index is 13.9. The lowest BCUT2D eigenvalue weighted by molar-refractivity contribution is -0.139. The molecule has 5 nitrogen and oxygen atoms in total. The molecule has 1 aromatic rings. The normalized spacial score (nSPS) is 24.3. The van der Waals surface area contributed by atoms with Crippen LogP contribution in [0.3, 0.4) is 0 Å². The molecule has 1 aliphatic heterocycles. The minimum absolute atomic E-state index is 0.0986. The Morgan fingerprint density at radius 2 is 1.69 bits per heavy atom. The van der Waals surface area contributed by atoms with Crippen LogP contribution in [0.4, 0.5) is 4.79 Å². The molecular weight excluding hydrogens is 448 g/mol. The first-order chi connectivity index (χ1) is 16.8. The predicted octanol–water partition coefficient (Wildman–Crippen LogP) is 6.71. The van der Waals surface area contributed by atoms with Crippen molar-refractivity contribution >= 4 is 17.6 Å². The van der Waals surface area contributed by atoms with Crippen LogP contribution < -0.4 is 0 Å². The Balaban J connectivity index is 1.40. The molecule has 2 amide bonds. The zero-order valence-electron chi connectivity index (χ0n) is 23.5. The molecule has 1 saturated carbocycles. The molecule has 3 aliphatic rings. The summed E-state index contributed by atoms with van der Waals surface area (Å²) < 4.78 is 5.51. The average molecular weight is 495 g/mol.